The summed E-state index contributed by atoms with van der Waals surface area (Å²) in [6.45, 7) is 8.19. The van der Waals surface area contributed by atoms with Crippen LogP contribution >= 0.6 is 11.8 Å². The Kier molecular flexibility index (Phi) is 5.92. The van der Waals surface area contributed by atoms with Crippen molar-refractivity contribution in [2.75, 3.05) is 37.0 Å². The Labute approximate surface area is 165 Å². The quantitative estimate of drug-likeness (QED) is 0.716. The highest BCUT2D eigenvalue weighted by Crippen LogP contribution is 2.49. The smallest absolute Gasteiger partial charge is 0.230 e. The fourth-order valence-electron chi connectivity index (χ4n) is 5.10. The molecular formula is C19H31N5O2S. The molecule has 1 aliphatic heterocycles. The molecule has 1 N–H and O–H groups in total. The average Bonchev–Trinajstić information content (AvgIpc) is 3.42. The van der Waals surface area contributed by atoms with Crippen molar-refractivity contribution in [2.24, 2.45) is 17.8 Å². The summed E-state index contributed by atoms with van der Waals surface area (Å²) in [5, 5.41) is 12.8. The van der Waals surface area contributed by atoms with Crippen molar-refractivity contribution in [2.45, 2.75) is 57.3 Å². The molecule has 1 saturated heterocycles. The van der Waals surface area contributed by atoms with Gasteiger partial charge in [-0.25, -0.2) is 0 Å². The third-order valence-electron chi connectivity index (χ3n) is 6.46. The Morgan fingerprint density at radius 2 is 2.11 bits per heavy atom. The minimum atomic E-state index is 0.105. The Balaban J connectivity index is 1.30. The summed E-state index contributed by atoms with van der Waals surface area (Å²) >= 11 is 1.48. The van der Waals surface area contributed by atoms with E-state index in [0.717, 1.165) is 55.8 Å². The van der Waals surface area contributed by atoms with Gasteiger partial charge in [0.2, 0.25) is 11.9 Å². The van der Waals surface area contributed by atoms with Crippen molar-refractivity contribution >= 4 is 23.6 Å². The maximum absolute atomic E-state index is 12.5. The normalized spacial score (nSPS) is 28.5. The van der Waals surface area contributed by atoms with Gasteiger partial charge in [0.25, 0.3) is 0 Å². The molecule has 1 aromatic rings. The first kappa shape index (κ1) is 19.1. The Bertz CT molecular complexity index is 661. The van der Waals surface area contributed by atoms with Crippen molar-refractivity contribution in [3.05, 3.63) is 0 Å². The Hall–Kier alpha value is -1.28. The molecule has 4 unspecified atom stereocenters. The van der Waals surface area contributed by atoms with E-state index >= 15 is 0 Å². The van der Waals surface area contributed by atoms with E-state index in [1.54, 1.807) is 0 Å². The highest BCUT2D eigenvalue weighted by atomic mass is 32.2. The molecule has 2 heterocycles. The fourth-order valence-corrected chi connectivity index (χ4v) is 5.91. The first-order chi connectivity index (χ1) is 13.2. The third kappa shape index (κ3) is 4.11. The van der Waals surface area contributed by atoms with Crippen LogP contribution in [0.3, 0.4) is 0 Å². The van der Waals surface area contributed by atoms with Crippen molar-refractivity contribution in [1.29, 1.82) is 0 Å². The number of fused-ring (bicyclic) bond motifs is 2. The van der Waals surface area contributed by atoms with E-state index < -0.39 is 0 Å². The molecule has 4 rings (SSSR count). The summed E-state index contributed by atoms with van der Waals surface area (Å²) in [4.78, 5) is 14.7. The first-order valence-corrected chi connectivity index (χ1v) is 11.3. The van der Waals surface area contributed by atoms with Gasteiger partial charge < -0.3 is 15.0 Å². The number of hydrogen-bond donors (Lipinski definition) is 1. The second kappa shape index (κ2) is 8.39. The number of anilines is 1. The van der Waals surface area contributed by atoms with Crippen LogP contribution in [0.15, 0.2) is 5.16 Å². The van der Waals surface area contributed by atoms with Gasteiger partial charge in [-0.2, -0.15) is 0 Å². The number of aromatic nitrogens is 3. The second-order valence-electron chi connectivity index (χ2n) is 8.11. The van der Waals surface area contributed by atoms with Gasteiger partial charge in [0.1, 0.15) is 0 Å². The zero-order chi connectivity index (χ0) is 18.8. The Morgan fingerprint density at radius 1 is 1.30 bits per heavy atom. The topological polar surface area (TPSA) is 72.3 Å². The maximum atomic E-state index is 12.5. The summed E-state index contributed by atoms with van der Waals surface area (Å²) < 4.78 is 7.52. The largest absolute Gasteiger partial charge is 0.378 e. The molecule has 1 aromatic heterocycles. The molecule has 27 heavy (non-hydrogen) atoms. The van der Waals surface area contributed by atoms with Crippen LogP contribution in [-0.2, 0) is 16.1 Å². The monoisotopic (exact) mass is 393 g/mol. The summed E-state index contributed by atoms with van der Waals surface area (Å²) in [6.07, 6.45) is 5.43. The second-order valence-corrected chi connectivity index (χ2v) is 9.05. The van der Waals surface area contributed by atoms with Gasteiger partial charge in [0.05, 0.1) is 19.0 Å². The third-order valence-corrected chi connectivity index (χ3v) is 7.43. The Morgan fingerprint density at radius 3 is 2.78 bits per heavy atom. The summed E-state index contributed by atoms with van der Waals surface area (Å²) in [5.74, 6) is 3.80. The van der Waals surface area contributed by atoms with Crippen LogP contribution in [-0.4, -0.2) is 58.8 Å². The lowest BCUT2D eigenvalue weighted by molar-refractivity contribution is -0.119. The van der Waals surface area contributed by atoms with Crippen LogP contribution in [0.2, 0.25) is 0 Å². The molecule has 0 radical (unpaired) electrons. The van der Waals surface area contributed by atoms with Crippen LogP contribution in [0.5, 0.6) is 0 Å². The van der Waals surface area contributed by atoms with Gasteiger partial charge in [0, 0.05) is 25.7 Å². The zero-order valence-electron chi connectivity index (χ0n) is 16.4. The molecule has 3 aliphatic rings. The molecule has 0 spiro atoms. The summed E-state index contributed by atoms with van der Waals surface area (Å²) in [6, 6.07) is 0.279. The molecule has 8 heteroatoms. The van der Waals surface area contributed by atoms with Crippen LogP contribution in [0, 0.1) is 17.8 Å². The van der Waals surface area contributed by atoms with Crippen LogP contribution in [0.25, 0.3) is 0 Å². The molecule has 0 aromatic carbocycles. The molecule has 150 valence electrons. The lowest BCUT2D eigenvalue weighted by Gasteiger charge is -2.28. The van der Waals surface area contributed by atoms with Crippen molar-refractivity contribution in [3.8, 4) is 0 Å². The molecule has 2 bridgehead atoms. The summed E-state index contributed by atoms with van der Waals surface area (Å²) in [7, 11) is 0. The standard InChI is InChI=1S/C19H31N5O2S/c1-3-24-18(23-6-8-26-9-7-23)21-22-19(24)27-12-17(25)20-13(2)16-11-14-4-5-15(16)10-14/h13-16H,3-12H2,1-2H3,(H,20,25). The number of amides is 1. The highest BCUT2D eigenvalue weighted by molar-refractivity contribution is 7.99. The molecule has 3 fully saturated rings. The average molecular weight is 394 g/mol. The molecular weight excluding hydrogens is 362 g/mol. The highest BCUT2D eigenvalue weighted by Gasteiger charge is 2.42. The van der Waals surface area contributed by atoms with E-state index in [-0.39, 0.29) is 11.9 Å². The molecule has 2 aliphatic carbocycles. The minimum absolute atomic E-state index is 0.105. The fraction of sp³-hybridized carbons (Fsp3) is 0.842. The van der Waals surface area contributed by atoms with Gasteiger partial charge in [0.15, 0.2) is 5.16 Å². The van der Waals surface area contributed by atoms with E-state index in [1.165, 1.54) is 37.4 Å². The predicted molar refractivity (Wildman–Crippen MR) is 106 cm³/mol. The van der Waals surface area contributed by atoms with Crippen molar-refractivity contribution in [3.63, 3.8) is 0 Å². The number of thioether (sulfide) groups is 1. The lowest BCUT2D eigenvalue weighted by Crippen LogP contribution is -2.41. The lowest BCUT2D eigenvalue weighted by atomic mass is 9.84. The van der Waals surface area contributed by atoms with E-state index in [4.69, 9.17) is 4.74 Å². The van der Waals surface area contributed by atoms with E-state index in [0.29, 0.717) is 11.7 Å². The van der Waals surface area contributed by atoms with Gasteiger partial charge in [-0.1, -0.05) is 18.2 Å². The number of morpholine rings is 1. The van der Waals surface area contributed by atoms with Crippen LogP contribution in [0.1, 0.15) is 39.5 Å². The first-order valence-electron chi connectivity index (χ1n) is 10.3. The van der Waals surface area contributed by atoms with Gasteiger partial charge >= 0.3 is 0 Å². The molecule has 4 atom stereocenters. The maximum Gasteiger partial charge on any atom is 0.230 e. The zero-order valence-corrected chi connectivity index (χ0v) is 17.2. The van der Waals surface area contributed by atoms with Gasteiger partial charge in [-0.15, -0.1) is 10.2 Å². The predicted octanol–water partition coefficient (Wildman–Crippen LogP) is 2.17. The van der Waals surface area contributed by atoms with E-state index in [9.17, 15) is 4.79 Å². The van der Waals surface area contributed by atoms with Crippen LogP contribution in [0.4, 0.5) is 5.95 Å². The number of nitrogens with one attached hydrogen (secondary N) is 1. The number of nitrogens with zero attached hydrogens (tertiary/aromatic N) is 4. The molecule has 2 saturated carbocycles. The molecule has 1 amide bonds. The SMILES string of the molecule is CCn1c(SCC(=O)NC(C)C2CC3CCC2C3)nnc1N1CCOCC1. The molecule has 7 nitrogen and oxygen atoms in total. The van der Waals surface area contributed by atoms with Crippen molar-refractivity contribution < 1.29 is 9.53 Å². The minimum Gasteiger partial charge on any atom is -0.378 e. The van der Waals surface area contributed by atoms with Gasteiger partial charge in [-0.05, 0) is 50.9 Å². The number of rotatable bonds is 7. The van der Waals surface area contributed by atoms with Crippen molar-refractivity contribution in [1.82, 2.24) is 20.1 Å². The van der Waals surface area contributed by atoms with Crippen LogP contribution < -0.4 is 10.2 Å². The number of carbonyl (C=O) groups is 1. The van der Waals surface area contributed by atoms with Gasteiger partial charge in [-0.3, -0.25) is 9.36 Å². The number of ether oxygens (including phenoxy) is 1. The van der Waals surface area contributed by atoms with E-state index in [1.807, 2.05) is 0 Å². The van der Waals surface area contributed by atoms with E-state index in [2.05, 4.69) is 38.8 Å². The summed E-state index contributed by atoms with van der Waals surface area (Å²) in [5.41, 5.74) is 0. The number of hydrogen-bond acceptors (Lipinski definition) is 6. The number of carbonyl (C=O) groups excluding carboxylic acids is 1.